The highest BCUT2D eigenvalue weighted by Crippen LogP contribution is 2.34. The first-order valence-corrected chi connectivity index (χ1v) is 9.77. The van der Waals surface area contributed by atoms with Crippen molar-refractivity contribution < 1.29 is 14.6 Å². The van der Waals surface area contributed by atoms with Gasteiger partial charge in [0.2, 0.25) is 0 Å². The van der Waals surface area contributed by atoms with Gasteiger partial charge in [-0.2, -0.15) is 5.10 Å². The number of hydrogen-bond donors (Lipinski definition) is 1. The Morgan fingerprint density at radius 1 is 1.24 bits per heavy atom. The zero-order valence-electron chi connectivity index (χ0n) is 15.1. The van der Waals surface area contributed by atoms with Crippen LogP contribution in [0.25, 0.3) is 0 Å². The number of nitrogens with zero attached hydrogens (tertiary/aromatic N) is 3. The van der Waals surface area contributed by atoms with Gasteiger partial charge >= 0.3 is 0 Å². The number of hydrogen-bond acceptors (Lipinski definition) is 4. The van der Waals surface area contributed by atoms with Crippen molar-refractivity contribution in [3.05, 3.63) is 17.5 Å². The van der Waals surface area contributed by atoms with Gasteiger partial charge in [0.1, 0.15) is 0 Å². The highest BCUT2D eigenvalue weighted by atomic mass is 16.5. The third-order valence-corrected chi connectivity index (χ3v) is 6.40. The fourth-order valence-corrected chi connectivity index (χ4v) is 4.95. The SMILES string of the molecule is Cc1c(C(=O)N2CCOCC2C2CCCC2O)cnn1C1CCCC1. The molecule has 1 saturated heterocycles. The summed E-state index contributed by atoms with van der Waals surface area (Å²) in [6.45, 7) is 3.71. The zero-order chi connectivity index (χ0) is 17.4. The molecule has 1 aliphatic heterocycles. The van der Waals surface area contributed by atoms with Gasteiger partial charge in [-0.1, -0.05) is 19.3 Å². The average Bonchev–Trinajstić information content (AvgIpc) is 3.35. The molecule has 3 aliphatic rings. The molecule has 3 atom stereocenters. The van der Waals surface area contributed by atoms with Crippen molar-refractivity contribution in [3.63, 3.8) is 0 Å². The van der Waals surface area contributed by atoms with E-state index in [4.69, 9.17) is 4.74 Å². The largest absolute Gasteiger partial charge is 0.393 e. The molecule has 3 unspecified atom stereocenters. The molecule has 138 valence electrons. The van der Waals surface area contributed by atoms with Crippen LogP contribution in [-0.4, -0.2) is 57.6 Å². The second kappa shape index (κ2) is 7.08. The van der Waals surface area contributed by atoms with E-state index >= 15 is 0 Å². The summed E-state index contributed by atoms with van der Waals surface area (Å²) in [6.07, 6.45) is 9.08. The lowest BCUT2D eigenvalue weighted by Gasteiger charge is -2.40. The van der Waals surface area contributed by atoms with E-state index in [1.54, 1.807) is 6.20 Å². The van der Waals surface area contributed by atoms with Crippen LogP contribution in [0.2, 0.25) is 0 Å². The number of carbonyl (C=O) groups is 1. The first-order valence-electron chi connectivity index (χ1n) is 9.77. The molecule has 1 aromatic heterocycles. The Bertz CT molecular complexity index is 623. The topological polar surface area (TPSA) is 67.6 Å². The van der Waals surface area contributed by atoms with E-state index in [2.05, 4.69) is 9.78 Å². The Kier molecular flexibility index (Phi) is 4.82. The van der Waals surface area contributed by atoms with Gasteiger partial charge in [0.15, 0.2) is 0 Å². The van der Waals surface area contributed by atoms with Gasteiger partial charge in [-0.15, -0.1) is 0 Å². The molecule has 0 radical (unpaired) electrons. The summed E-state index contributed by atoms with van der Waals surface area (Å²) in [5, 5.41) is 14.8. The minimum atomic E-state index is -0.315. The van der Waals surface area contributed by atoms with Crippen LogP contribution in [0, 0.1) is 12.8 Å². The van der Waals surface area contributed by atoms with Crippen molar-refractivity contribution in [2.24, 2.45) is 5.92 Å². The molecule has 0 spiro atoms. The van der Waals surface area contributed by atoms with Crippen LogP contribution in [0.4, 0.5) is 0 Å². The van der Waals surface area contributed by atoms with Crippen molar-refractivity contribution in [1.82, 2.24) is 14.7 Å². The van der Waals surface area contributed by atoms with E-state index in [1.165, 1.54) is 12.8 Å². The smallest absolute Gasteiger partial charge is 0.257 e. The molecule has 0 aromatic carbocycles. The van der Waals surface area contributed by atoms with E-state index in [-0.39, 0.29) is 24.0 Å². The lowest BCUT2D eigenvalue weighted by molar-refractivity contribution is -0.0383. The van der Waals surface area contributed by atoms with Crippen LogP contribution < -0.4 is 0 Å². The molecule has 1 N–H and O–H groups in total. The molecule has 2 heterocycles. The molecule has 6 heteroatoms. The quantitative estimate of drug-likeness (QED) is 0.911. The second-order valence-corrected chi connectivity index (χ2v) is 7.83. The molecule has 1 amide bonds. The zero-order valence-corrected chi connectivity index (χ0v) is 15.1. The predicted octanol–water partition coefficient (Wildman–Crippen LogP) is 2.31. The maximum atomic E-state index is 13.3. The van der Waals surface area contributed by atoms with E-state index < -0.39 is 0 Å². The summed E-state index contributed by atoms with van der Waals surface area (Å²) in [7, 11) is 0. The highest BCUT2D eigenvalue weighted by Gasteiger charge is 2.40. The fraction of sp³-hybridized carbons (Fsp3) is 0.789. The summed E-state index contributed by atoms with van der Waals surface area (Å²) in [5.74, 6) is 0.184. The van der Waals surface area contributed by atoms with Gasteiger partial charge in [-0.05, 0) is 32.6 Å². The van der Waals surface area contributed by atoms with E-state index in [0.29, 0.717) is 31.4 Å². The van der Waals surface area contributed by atoms with Gasteiger partial charge < -0.3 is 14.7 Å². The van der Waals surface area contributed by atoms with Gasteiger partial charge in [-0.3, -0.25) is 9.48 Å². The predicted molar refractivity (Wildman–Crippen MR) is 93.5 cm³/mol. The van der Waals surface area contributed by atoms with E-state index in [0.717, 1.165) is 37.8 Å². The molecule has 2 aliphatic carbocycles. The third-order valence-electron chi connectivity index (χ3n) is 6.40. The van der Waals surface area contributed by atoms with Gasteiger partial charge in [0.05, 0.1) is 43.2 Å². The first-order chi connectivity index (χ1) is 12.2. The average molecular weight is 347 g/mol. The van der Waals surface area contributed by atoms with Crippen LogP contribution in [0.3, 0.4) is 0 Å². The Balaban J connectivity index is 1.56. The molecule has 6 nitrogen and oxygen atoms in total. The van der Waals surface area contributed by atoms with Gasteiger partial charge in [-0.25, -0.2) is 0 Å². The molecule has 25 heavy (non-hydrogen) atoms. The number of carbonyl (C=O) groups excluding carboxylic acids is 1. The maximum absolute atomic E-state index is 13.3. The third kappa shape index (κ3) is 3.10. The number of aliphatic hydroxyl groups is 1. The summed E-state index contributed by atoms with van der Waals surface area (Å²) in [5.41, 5.74) is 1.69. The lowest BCUT2D eigenvalue weighted by Crippen LogP contribution is -2.53. The lowest BCUT2D eigenvalue weighted by atomic mass is 9.93. The minimum absolute atomic E-state index is 0.0204. The van der Waals surface area contributed by atoms with Gasteiger partial charge in [0, 0.05) is 18.2 Å². The molecule has 1 aromatic rings. The van der Waals surface area contributed by atoms with Crippen molar-refractivity contribution in [1.29, 1.82) is 0 Å². The van der Waals surface area contributed by atoms with Crippen LogP contribution in [0.1, 0.15) is 67.0 Å². The number of aromatic nitrogens is 2. The normalized spacial score (nSPS) is 31.0. The van der Waals surface area contributed by atoms with Crippen LogP contribution in [0.15, 0.2) is 6.20 Å². The van der Waals surface area contributed by atoms with Crippen LogP contribution >= 0.6 is 0 Å². The Morgan fingerprint density at radius 3 is 2.76 bits per heavy atom. The molecular formula is C19H29N3O3. The molecule has 2 saturated carbocycles. The summed E-state index contributed by atoms with van der Waals surface area (Å²) >= 11 is 0. The monoisotopic (exact) mass is 347 g/mol. The van der Waals surface area contributed by atoms with Crippen molar-refractivity contribution in [3.8, 4) is 0 Å². The number of amides is 1. The number of aliphatic hydroxyl groups excluding tert-OH is 1. The van der Waals surface area contributed by atoms with Crippen molar-refractivity contribution in [2.45, 2.75) is 70.1 Å². The summed E-state index contributed by atoms with van der Waals surface area (Å²) in [4.78, 5) is 15.2. The maximum Gasteiger partial charge on any atom is 0.257 e. The van der Waals surface area contributed by atoms with Crippen molar-refractivity contribution >= 4 is 5.91 Å². The Morgan fingerprint density at radius 2 is 2.04 bits per heavy atom. The molecule has 3 fully saturated rings. The molecule has 0 bridgehead atoms. The Labute approximate surface area is 149 Å². The number of rotatable bonds is 3. The number of morpholine rings is 1. The van der Waals surface area contributed by atoms with E-state index in [9.17, 15) is 9.90 Å². The first kappa shape index (κ1) is 17.0. The molecule has 4 rings (SSSR count). The second-order valence-electron chi connectivity index (χ2n) is 7.83. The van der Waals surface area contributed by atoms with Crippen LogP contribution in [-0.2, 0) is 4.74 Å². The Hall–Kier alpha value is -1.40. The summed E-state index contributed by atoms with van der Waals surface area (Å²) < 4.78 is 7.71. The van der Waals surface area contributed by atoms with Crippen molar-refractivity contribution in [2.75, 3.05) is 19.8 Å². The number of ether oxygens (including phenoxy) is 1. The van der Waals surface area contributed by atoms with Crippen LogP contribution in [0.5, 0.6) is 0 Å². The highest BCUT2D eigenvalue weighted by molar-refractivity contribution is 5.95. The summed E-state index contributed by atoms with van der Waals surface area (Å²) in [6, 6.07) is 0.423. The van der Waals surface area contributed by atoms with E-state index in [1.807, 2.05) is 11.8 Å². The minimum Gasteiger partial charge on any atom is -0.393 e. The standard InChI is InChI=1S/C19H29N3O3/c1-13-16(11-20-22(13)14-5-2-3-6-14)19(24)21-9-10-25-12-17(21)15-7-4-8-18(15)23/h11,14-15,17-18,23H,2-10,12H2,1H3. The van der Waals surface area contributed by atoms with Gasteiger partial charge in [0.25, 0.3) is 5.91 Å². The molecular weight excluding hydrogens is 318 g/mol. The fourth-order valence-electron chi connectivity index (χ4n) is 4.95.